The molecule has 0 unspecified atom stereocenters. The van der Waals surface area contributed by atoms with Gasteiger partial charge in [0, 0.05) is 43.2 Å². The summed E-state index contributed by atoms with van der Waals surface area (Å²) in [6.07, 6.45) is 3.52. The van der Waals surface area contributed by atoms with Gasteiger partial charge in [-0.3, -0.25) is 9.59 Å². The molecule has 2 heterocycles. The fourth-order valence-corrected chi connectivity index (χ4v) is 3.75. The predicted molar refractivity (Wildman–Crippen MR) is 109 cm³/mol. The summed E-state index contributed by atoms with van der Waals surface area (Å²) in [6.45, 7) is 3.04. The minimum atomic E-state index is -0.0532. The number of amides is 2. The lowest BCUT2D eigenvalue weighted by Gasteiger charge is -2.33. The zero-order chi connectivity index (χ0) is 19.2. The van der Waals surface area contributed by atoms with Crippen LogP contribution >= 0.6 is 12.4 Å². The van der Waals surface area contributed by atoms with Gasteiger partial charge in [0.25, 0.3) is 5.91 Å². The fraction of sp³-hybridized carbons (Fsp3) is 0.600. The molecule has 1 aromatic carbocycles. The summed E-state index contributed by atoms with van der Waals surface area (Å²) < 4.78 is 10.5. The van der Waals surface area contributed by atoms with Crippen LogP contribution in [-0.4, -0.2) is 63.2 Å². The number of hydrogen-bond donors (Lipinski definition) is 2. The number of ether oxygens (including phenoxy) is 2. The SMILES string of the molecule is COc1cc(OC)cc(C(=O)N2CCC(C(=O)N[C@H]3CCCNC3)CC2)c1.Cl. The third-order valence-electron chi connectivity index (χ3n) is 5.39. The Hall–Kier alpha value is -1.99. The number of methoxy groups -OCH3 is 2. The van der Waals surface area contributed by atoms with Crippen molar-refractivity contribution < 1.29 is 19.1 Å². The monoisotopic (exact) mass is 411 g/mol. The van der Waals surface area contributed by atoms with Crippen LogP contribution in [0.1, 0.15) is 36.0 Å². The van der Waals surface area contributed by atoms with Crippen molar-refractivity contribution in [3.8, 4) is 11.5 Å². The van der Waals surface area contributed by atoms with Gasteiger partial charge in [0.05, 0.1) is 14.2 Å². The standard InChI is InChI=1S/C20H29N3O4.ClH/c1-26-17-10-15(11-18(12-17)27-2)20(25)23-8-5-14(6-9-23)19(24)22-16-4-3-7-21-13-16;/h10-12,14,16,21H,3-9,13H2,1-2H3,(H,22,24);1H/t16-;/m0./s1. The summed E-state index contributed by atoms with van der Waals surface area (Å²) in [5.74, 6) is 1.23. The highest BCUT2D eigenvalue weighted by atomic mass is 35.5. The number of likely N-dealkylation sites (tertiary alicyclic amines) is 1. The van der Waals surface area contributed by atoms with Crippen molar-refractivity contribution in [1.82, 2.24) is 15.5 Å². The van der Waals surface area contributed by atoms with Crippen molar-refractivity contribution in [2.75, 3.05) is 40.4 Å². The first kappa shape index (κ1) is 22.3. The van der Waals surface area contributed by atoms with E-state index in [4.69, 9.17) is 9.47 Å². The molecule has 0 spiro atoms. The smallest absolute Gasteiger partial charge is 0.254 e. The van der Waals surface area contributed by atoms with Gasteiger partial charge in [-0.25, -0.2) is 0 Å². The molecule has 2 saturated heterocycles. The van der Waals surface area contributed by atoms with Gasteiger partial charge in [0.1, 0.15) is 11.5 Å². The van der Waals surface area contributed by atoms with Crippen LogP contribution in [0.3, 0.4) is 0 Å². The van der Waals surface area contributed by atoms with Crippen molar-refractivity contribution in [2.24, 2.45) is 5.92 Å². The topological polar surface area (TPSA) is 79.9 Å². The third-order valence-corrected chi connectivity index (χ3v) is 5.39. The number of benzene rings is 1. The first-order valence-electron chi connectivity index (χ1n) is 9.64. The molecule has 0 radical (unpaired) electrons. The first-order valence-corrected chi connectivity index (χ1v) is 9.64. The van der Waals surface area contributed by atoms with Gasteiger partial charge in [0.15, 0.2) is 0 Å². The van der Waals surface area contributed by atoms with E-state index in [2.05, 4.69) is 10.6 Å². The molecule has 3 rings (SSSR count). The second-order valence-corrected chi connectivity index (χ2v) is 7.22. The van der Waals surface area contributed by atoms with Gasteiger partial charge in [0.2, 0.25) is 5.91 Å². The van der Waals surface area contributed by atoms with E-state index in [1.54, 1.807) is 37.3 Å². The Morgan fingerprint density at radius 2 is 1.71 bits per heavy atom. The van der Waals surface area contributed by atoms with E-state index in [-0.39, 0.29) is 36.2 Å². The van der Waals surface area contributed by atoms with Crippen LogP contribution < -0.4 is 20.1 Å². The van der Waals surface area contributed by atoms with E-state index in [1.807, 2.05) is 0 Å². The normalized spacial score (nSPS) is 20.1. The van der Waals surface area contributed by atoms with Crippen molar-refractivity contribution in [2.45, 2.75) is 31.7 Å². The maximum atomic E-state index is 12.8. The van der Waals surface area contributed by atoms with Crippen molar-refractivity contribution >= 4 is 24.2 Å². The molecule has 2 amide bonds. The molecule has 0 saturated carbocycles. The number of rotatable bonds is 5. The van der Waals surface area contributed by atoms with E-state index in [0.29, 0.717) is 43.0 Å². The van der Waals surface area contributed by atoms with Crippen LogP contribution in [0, 0.1) is 5.92 Å². The molecule has 1 atom stereocenters. The Balaban J connectivity index is 0.00000280. The second-order valence-electron chi connectivity index (χ2n) is 7.22. The first-order chi connectivity index (χ1) is 13.1. The minimum Gasteiger partial charge on any atom is -0.497 e. The second kappa shape index (κ2) is 10.5. The minimum absolute atomic E-state index is 0. The Bertz CT molecular complexity index is 649. The maximum Gasteiger partial charge on any atom is 0.254 e. The van der Waals surface area contributed by atoms with Crippen LogP contribution in [-0.2, 0) is 4.79 Å². The number of carbonyl (C=O) groups is 2. The van der Waals surface area contributed by atoms with Crippen LogP contribution in [0.5, 0.6) is 11.5 Å². The Morgan fingerprint density at radius 1 is 1.07 bits per heavy atom. The molecule has 2 aliphatic heterocycles. The number of nitrogens with zero attached hydrogens (tertiary/aromatic N) is 1. The van der Waals surface area contributed by atoms with Crippen molar-refractivity contribution in [1.29, 1.82) is 0 Å². The summed E-state index contributed by atoms with van der Waals surface area (Å²) in [5.41, 5.74) is 0.544. The Morgan fingerprint density at radius 3 is 2.25 bits per heavy atom. The average molecular weight is 412 g/mol. The zero-order valence-electron chi connectivity index (χ0n) is 16.5. The molecule has 2 aliphatic rings. The van der Waals surface area contributed by atoms with Gasteiger partial charge in [-0.05, 0) is 44.4 Å². The third kappa shape index (κ3) is 5.52. The van der Waals surface area contributed by atoms with Gasteiger partial charge in [-0.15, -0.1) is 12.4 Å². The summed E-state index contributed by atoms with van der Waals surface area (Å²) >= 11 is 0. The summed E-state index contributed by atoms with van der Waals surface area (Å²) in [6, 6.07) is 5.42. The van der Waals surface area contributed by atoms with Crippen molar-refractivity contribution in [3.63, 3.8) is 0 Å². The molecule has 0 bridgehead atoms. The fourth-order valence-electron chi connectivity index (χ4n) is 3.75. The number of carbonyl (C=O) groups excluding carboxylic acids is 2. The van der Waals surface area contributed by atoms with Gasteiger partial charge in [-0.1, -0.05) is 0 Å². The summed E-state index contributed by atoms with van der Waals surface area (Å²) in [7, 11) is 3.13. The molecular formula is C20H30ClN3O4. The largest absolute Gasteiger partial charge is 0.497 e. The van der Waals surface area contributed by atoms with E-state index in [0.717, 1.165) is 25.9 Å². The lowest BCUT2D eigenvalue weighted by atomic mass is 9.94. The molecule has 0 aliphatic carbocycles. The van der Waals surface area contributed by atoms with Crippen LogP contribution in [0.2, 0.25) is 0 Å². The molecule has 2 N–H and O–H groups in total. The highest BCUT2D eigenvalue weighted by Crippen LogP contribution is 2.25. The predicted octanol–water partition coefficient (Wildman–Crippen LogP) is 1.85. The number of hydrogen-bond acceptors (Lipinski definition) is 5. The zero-order valence-corrected chi connectivity index (χ0v) is 17.3. The Kier molecular flexibility index (Phi) is 8.38. The highest BCUT2D eigenvalue weighted by molar-refractivity contribution is 5.95. The maximum absolute atomic E-state index is 12.8. The molecule has 1 aromatic rings. The molecule has 28 heavy (non-hydrogen) atoms. The highest BCUT2D eigenvalue weighted by Gasteiger charge is 2.29. The number of piperidine rings is 2. The summed E-state index contributed by atoms with van der Waals surface area (Å²) in [5, 5.41) is 6.47. The van der Waals surface area contributed by atoms with Crippen LogP contribution in [0.15, 0.2) is 18.2 Å². The van der Waals surface area contributed by atoms with Gasteiger partial charge < -0.3 is 25.0 Å². The van der Waals surface area contributed by atoms with Gasteiger partial charge in [-0.2, -0.15) is 0 Å². The van der Waals surface area contributed by atoms with E-state index in [1.165, 1.54) is 0 Å². The van der Waals surface area contributed by atoms with Crippen LogP contribution in [0.25, 0.3) is 0 Å². The van der Waals surface area contributed by atoms with E-state index in [9.17, 15) is 9.59 Å². The molecule has 7 nitrogen and oxygen atoms in total. The number of nitrogens with one attached hydrogen (secondary N) is 2. The molecule has 156 valence electrons. The quantitative estimate of drug-likeness (QED) is 0.772. The lowest BCUT2D eigenvalue weighted by Crippen LogP contribution is -2.49. The lowest BCUT2D eigenvalue weighted by molar-refractivity contribution is -0.127. The van der Waals surface area contributed by atoms with E-state index < -0.39 is 0 Å². The van der Waals surface area contributed by atoms with Gasteiger partial charge >= 0.3 is 0 Å². The van der Waals surface area contributed by atoms with Crippen molar-refractivity contribution in [3.05, 3.63) is 23.8 Å². The summed E-state index contributed by atoms with van der Waals surface area (Å²) in [4.78, 5) is 27.1. The molecule has 2 fully saturated rings. The Labute approximate surface area is 172 Å². The van der Waals surface area contributed by atoms with Crippen LogP contribution in [0.4, 0.5) is 0 Å². The molecular weight excluding hydrogens is 382 g/mol. The molecule has 0 aromatic heterocycles. The molecule has 8 heteroatoms. The average Bonchev–Trinajstić information content (AvgIpc) is 2.73. The van der Waals surface area contributed by atoms with E-state index >= 15 is 0 Å². The number of halogens is 1.